The van der Waals surface area contributed by atoms with Gasteiger partial charge in [-0.15, -0.1) is 0 Å². The van der Waals surface area contributed by atoms with Crippen LogP contribution in [0.1, 0.15) is 17.3 Å². The van der Waals surface area contributed by atoms with E-state index in [2.05, 4.69) is 11.8 Å². The molecule has 1 aliphatic heterocycles. The van der Waals surface area contributed by atoms with Gasteiger partial charge in [0.05, 0.1) is 5.56 Å². The van der Waals surface area contributed by atoms with Crippen molar-refractivity contribution in [3.63, 3.8) is 0 Å². The summed E-state index contributed by atoms with van der Waals surface area (Å²) in [5, 5.41) is 8.91. The SMILES string of the molecule is CC1CSCCN1CCOc1cccc(C(=O)O)c1. The van der Waals surface area contributed by atoms with E-state index in [4.69, 9.17) is 9.84 Å². The Morgan fingerprint density at radius 1 is 1.58 bits per heavy atom. The van der Waals surface area contributed by atoms with Crippen LogP contribution in [0.2, 0.25) is 0 Å². The molecule has 0 amide bonds. The van der Waals surface area contributed by atoms with Crippen LogP contribution in [-0.4, -0.2) is 53.2 Å². The quantitative estimate of drug-likeness (QED) is 0.896. The van der Waals surface area contributed by atoms with Crippen molar-refractivity contribution in [1.29, 1.82) is 0 Å². The minimum absolute atomic E-state index is 0.264. The second-order valence-electron chi connectivity index (χ2n) is 4.64. The molecule has 4 nitrogen and oxygen atoms in total. The molecule has 5 heteroatoms. The number of nitrogens with zero attached hydrogens (tertiary/aromatic N) is 1. The molecule has 0 saturated carbocycles. The van der Waals surface area contributed by atoms with Gasteiger partial charge in [0.15, 0.2) is 0 Å². The van der Waals surface area contributed by atoms with Crippen LogP contribution in [0.5, 0.6) is 5.75 Å². The van der Waals surface area contributed by atoms with Crippen molar-refractivity contribution in [2.45, 2.75) is 13.0 Å². The Kier molecular flexibility index (Phi) is 5.10. The lowest BCUT2D eigenvalue weighted by atomic mass is 10.2. The molecule has 19 heavy (non-hydrogen) atoms. The molecule has 1 N–H and O–H groups in total. The third-order valence-electron chi connectivity index (χ3n) is 3.23. The smallest absolute Gasteiger partial charge is 0.335 e. The highest BCUT2D eigenvalue weighted by Gasteiger charge is 2.17. The molecule has 104 valence electrons. The Labute approximate surface area is 117 Å². The molecule has 1 heterocycles. The monoisotopic (exact) mass is 281 g/mol. The average molecular weight is 281 g/mol. The van der Waals surface area contributed by atoms with Gasteiger partial charge in [0.1, 0.15) is 12.4 Å². The number of hydrogen-bond donors (Lipinski definition) is 1. The summed E-state index contributed by atoms with van der Waals surface area (Å²) < 4.78 is 5.64. The highest BCUT2D eigenvalue weighted by atomic mass is 32.2. The highest BCUT2D eigenvalue weighted by Crippen LogP contribution is 2.16. The topological polar surface area (TPSA) is 49.8 Å². The number of carbonyl (C=O) groups is 1. The predicted molar refractivity (Wildman–Crippen MR) is 77.3 cm³/mol. The van der Waals surface area contributed by atoms with Crippen LogP contribution in [0, 0.1) is 0 Å². The van der Waals surface area contributed by atoms with E-state index in [1.807, 2.05) is 11.8 Å². The maximum atomic E-state index is 10.9. The van der Waals surface area contributed by atoms with Gasteiger partial charge in [0.25, 0.3) is 0 Å². The number of ether oxygens (including phenoxy) is 1. The zero-order chi connectivity index (χ0) is 13.7. The van der Waals surface area contributed by atoms with Gasteiger partial charge in [-0.05, 0) is 25.1 Å². The van der Waals surface area contributed by atoms with Crippen LogP contribution in [0.25, 0.3) is 0 Å². The molecule has 0 aliphatic carbocycles. The predicted octanol–water partition coefficient (Wildman–Crippen LogP) is 2.20. The number of benzene rings is 1. The van der Waals surface area contributed by atoms with E-state index in [0.29, 0.717) is 18.4 Å². The average Bonchev–Trinajstić information content (AvgIpc) is 2.41. The summed E-state index contributed by atoms with van der Waals surface area (Å²) in [6, 6.07) is 7.23. The molecule has 0 spiro atoms. The number of carboxylic acids is 1. The zero-order valence-electron chi connectivity index (χ0n) is 11.0. The number of hydrogen-bond acceptors (Lipinski definition) is 4. The highest BCUT2D eigenvalue weighted by molar-refractivity contribution is 7.99. The fourth-order valence-electron chi connectivity index (χ4n) is 2.09. The molecule has 2 rings (SSSR count). The summed E-state index contributed by atoms with van der Waals surface area (Å²) in [4.78, 5) is 13.3. The Balaban J connectivity index is 1.82. The van der Waals surface area contributed by atoms with E-state index in [1.165, 1.54) is 11.5 Å². The van der Waals surface area contributed by atoms with E-state index in [9.17, 15) is 4.79 Å². The van der Waals surface area contributed by atoms with Gasteiger partial charge in [-0.2, -0.15) is 11.8 Å². The van der Waals surface area contributed by atoms with Gasteiger partial charge < -0.3 is 9.84 Å². The zero-order valence-corrected chi connectivity index (χ0v) is 11.9. The number of rotatable bonds is 5. The molecule has 0 aromatic heterocycles. The van der Waals surface area contributed by atoms with Gasteiger partial charge in [-0.3, -0.25) is 4.90 Å². The Bertz CT molecular complexity index is 438. The van der Waals surface area contributed by atoms with Crippen molar-refractivity contribution in [3.05, 3.63) is 29.8 Å². The summed E-state index contributed by atoms with van der Waals surface area (Å²) >= 11 is 1.99. The first-order valence-electron chi connectivity index (χ1n) is 6.45. The van der Waals surface area contributed by atoms with Crippen LogP contribution in [0.15, 0.2) is 24.3 Å². The molecular formula is C14H19NO3S. The van der Waals surface area contributed by atoms with Crippen LogP contribution >= 0.6 is 11.8 Å². The first kappa shape index (κ1) is 14.2. The minimum atomic E-state index is -0.924. The second-order valence-corrected chi connectivity index (χ2v) is 5.79. The summed E-state index contributed by atoms with van der Waals surface area (Å²) in [7, 11) is 0. The molecule has 1 aromatic carbocycles. The molecule has 1 aliphatic rings. The summed E-state index contributed by atoms with van der Waals surface area (Å²) in [6.07, 6.45) is 0. The maximum absolute atomic E-state index is 10.9. The van der Waals surface area contributed by atoms with E-state index in [-0.39, 0.29) is 5.56 Å². The van der Waals surface area contributed by atoms with Crippen molar-refractivity contribution < 1.29 is 14.6 Å². The maximum Gasteiger partial charge on any atom is 0.335 e. The standard InChI is InChI=1S/C14H19NO3S/c1-11-10-19-8-6-15(11)5-7-18-13-4-2-3-12(9-13)14(16)17/h2-4,9,11H,5-8,10H2,1H3,(H,16,17). The van der Waals surface area contributed by atoms with Gasteiger partial charge >= 0.3 is 5.97 Å². The number of carboxylic acid groups (broad SMARTS) is 1. The first-order chi connectivity index (χ1) is 9.16. The minimum Gasteiger partial charge on any atom is -0.492 e. The molecule has 1 saturated heterocycles. The van der Waals surface area contributed by atoms with Crippen molar-refractivity contribution >= 4 is 17.7 Å². The molecule has 1 atom stereocenters. The van der Waals surface area contributed by atoms with Gasteiger partial charge in [0.2, 0.25) is 0 Å². The van der Waals surface area contributed by atoms with Gasteiger partial charge in [-0.1, -0.05) is 6.07 Å². The Morgan fingerprint density at radius 2 is 2.42 bits per heavy atom. The van der Waals surface area contributed by atoms with Crippen molar-refractivity contribution in [1.82, 2.24) is 4.90 Å². The van der Waals surface area contributed by atoms with Crippen molar-refractivity contribution in [2.75, 3.05) is 31.2 Å². The lowest BCUT2D eigenvalue weighted by Crippen LogP contribution is -2.42. The fraction of sp³-hybridized carbons (Fsp3) is 0.500. The van der Waals surface area contributed by atoms with E-state index >= 15 is 0 Å². The number of thioether (sulfide) groups is 1. The normalized spacial score (nSPS) is 20.2. The largest absolute Gasteiger partial charge is 0.492 e. The molecule has 0 bridgehead atoms. The van der Waals surface area contributed by atoms with Crippen molar-refractivity contribution in [3.8, 4) is 5.75 Å². The second kappa shape index (κ2) is 6.82. The molecule has 1 fully saturated rings. The van der Waals surface area contributed by atoms with Crippen LogP contribution in [0.3, 0.4) is 0 Å². The lowest BCUT2D eigenvalue weighted by Gasteiger charge is -2.32. The summed E-state index contributed by atoms with van der Waals surface area (Å²) in [5.74, 6) is 2.05. The van der Waals surface area contributed by atoms with Crippen LogP contribution < -0.4 is 4.74 Å². The third kappa shape index (κ3) is 4.14. The molecular weight excluding hydrogens is 262 g/mol. The van der Waals surface area contributed by atoms with Crippen molar-refractivity contribution in [2.24, 2.45) is 0 Å². The third-order valence-corrected chi connectivity index (χ3v) is 4.42. The number of aromatic carboxylic acids is 1. The molecule has 1 aromatic rings. The van der Waals surface area contributed by atoms with E-state index in [1.54, 1.807) is 24.3 Å². The molecule has 0 radical (unpaired) electrons. The van der Waals surface area contributed by atoms with Crippen LogP contribution in [-0.2, 0) is 0 Å². The Morgan fingerprint density at radius 3 is 3.16 bits per heavy atom. The summed E-state index contributed by atoms with van der Waals surface area (Å²) in [6.45, 7) is 4.82. The van der Waals surface area contributed by atoms with Gasteiger partial charge in [-0.25, -0.2) is 4.79 Å². The summed E-state index contributed by atoms with van der Waals surface area (Å²) in [5.41, 5.74) is 0.264. The fourth-order valence-corrected chi connectivity index (χ4v) is 3.18. The molecule has 1 unspecified atom stereocenters. The first-order valence-corrected chi connectivity index (χ1v) is 7.60. The Hall–Kier alpha value is -1.20. The lowest BCUT2D eigenvalue weighted by molar-refractivity contribution is 0.0696. The van der Waals surface area contributed by atoms with E-state index < -0.39 is 5.97 Å². The van der Waals surface area contributed by atoms with E-state index in [0.717, 1.165) is 13.1 Å². The van der Waals surface area contributed by atoms with Crippen LogP contribution in [0.4, 0.5) is 0 Å². The van der Waals surface area contributed by atoms with Gasteiger partial charge in [0, 0.05) is 30.6 Å².